The molecule has 1 aromatic rings. The number of carbonyl (C=O) groups excluding carboxylic acids is 2. The zero-order chi connectivity index (χ0) is 20.9. The number of ether oxygens (including phenoxy) is 1. The summed E-state index contributed by atoms with van der Waals surface area (Å²) in [6, 6.07) is 3.36. The number of nitrogens with zero attached hydrogens (tertiary/aromatic N) is 2. The molecule has 3 atom stereocenters. The third kappa shape index (κ3) is 6.51. The third-order valence-corrected chi connectivity index (χ3v) is 4.49. The number of likely N-dealkylation sites (tertiary alicyclic amines) is 1. The molecule has 0 aromatic carbocycles. The maximum absolute atomic E-state index is 14.7. The zero-order valence-electron chi connectivity index (χ0n) is 16.8. The first-order chi connectivity index (χ1) is 13.0. The molecule has 28 heavy (non-hydrogen) atoms. The van der Waals surface area contributed by atoms with Crippen LogP contribution in [0.25, 0.3) is 6.08 Å². The van der Waals surface area contributed by atoms with Gasteiger partial charge in [-0.2, -0.15) is 0 Å². The maximum Gasteiger partial charge on any atom is 0.410 e. The van der Waals surface area contributed by atoms with Gasteiger partial charge in [0, 0.05) is 37.8 Å². The van der Waals surface area contributed by atoms with Crippen molar-refractivity contribution in [1.29, 1.82) is 0 Å². The van der Waals surface area contributed by atoms with Gasteiger partial charge in [-0.25, -0.2) is 14.2 Å². The van der Waals surface area contributed by atoms with Crippen molar-refractivity contribution in [1.82, 2.24) is 15.2 Å². The zero-order valence-corrected chi connectivity index (χ0v) is 16.8. The largest absolute Gasteiger partial charge is 0.444 e. The van der Waals surface area contributed by atoms with Gasteiger partial charge >= 0.3 is 6.09 Å². The second-order valence-corrected chi connectivity index (χ2v) is 8.14. The standard InChI is InChI=1S/C20H29FN4O3/c1-13-11-25(19(27)28-20(2,3)4)12-15(13)16(21)10-24-18(26)8-6-14-5-7-17(22)23-9-14/h5-9,13,15-16H,10-12H2,1-4H3,(H2,22,23)(H,24,26)/b8-6+. The predicted octanol–water partition coefficient (Wildman–Crippen LogP) is 2.63. The smallest absolute Gasteiger partial charge is 0.410 e. The van der Waals surface area contributed by atoms with Gasteiger partial charge in [0.05, 0.1) is 0 Å². The van der Waals surface area contributed by atoms with E-state index in [9.17, 15) is 14.0 Å². The summed E-state index contributed by atoms with van der Waals surface area (Å²) in [7, 11) is 0. The van der Waals surface area contributed by atoms with E-state index in [-0.39, 0.29) is 24.9 Å². The second kappa shape index (κ2) is 9.03. The number of anilines is 1. The first-order valence-electron chi connectivity index (χ1n) is 9.34. The Kier molecular flexibility index (Phi) is 6.99. The molecule has 0 saturated carbocycles. The first kappa shape index (κ1) is 21.7. The van der Waals surface area contributed by atoms with Crippen molar-refractivity contribution < 1.29 is 18.7 Å². The molecule has 3 unspecified atom stereocenters. The lowest BCUT2D eigenvalue weighted by Crippen LogP contribution is -2.38. The van der Waals surface area contributed by atoms with Crippen LogP contribution in [-0.2, 0) is 9.53 Å². The van der Waals surface area contributed by atoms with Gasteiger partial charge < -0.3 is 20.7 Å². The van der Waals surface area contributed by atoms with Crippen molar-refractivity contribution >= 4 is 23.9 Å². The number of nitrogens with two attached hydrogens (primary N) is 1. The number of nitrogen functional groups attached to an aromatic ring is 1. The number of nitrogens with one attached hydrogen (secondary N) is 1. The molecule has 7 nitrogen and oxygen atoms in total. The Morgan fingerprint density at radius 1 is 1.43 bits per heavy atom. The van der Waals surface area contributed by atoms with Crippen LogP contribution in [0.4, 0.5) is 15.0 Å². The molecular weight excluding hydrogens is 363 g/mol. The van der Waals surface area contributed by atoms with E-state index in [0.717, 1.165) is 5.56 Å². The number of alkyl halides is 1. The highest BCUT2D eigenvalue weighted by atomic mass is 19.1. The van der Waals surface area contributed by atoms with Crippen molar-refractivity contribution in [2.45, 2.75) is 39.5 Å². The van der Waals surface area contributed by atoms with E-state index >= 15 is 0 Å². The van der Waals surface area contributed by atoms with Crippen LogP contribution in [-0.4, -0.2) is 53.3 Å². The SMILES string of the molecule is CC1CN(C(=O)OC(C)(C)C)CC1C(F)CNC(=O)/C=C/c1ccc(N)nc1. The van der Waals surface area contributed by atoms with E-state index in [1.807, 2.05) is 6.92 Å². The molecule has 1 saturated heterocycles. The molecule has 2 amide bonds. The predicted molar refractivity (Wildman–Crippen MR) is 106 cm³/mol. The Morgan fingerprint density at radius 2 is 2.14 bits per heavy atom. The van der Waals surface area contributed by atoms with Gasteiger partial charge in [0.25, 0.3) is 0 Å². The Balaban J connectivity index is 1.82. The molecule has 1 aromatic heterocycles. The van der Waals surface area contributed by atoms with E-state index in [2.05, 4.69) is 10.3 Å². The summed E-state index contributed by atoms with van der Waals surface area (Å²) in [6.45, 7) is 7.89. The van der Waals surface area contributed by atoms with Crippen LogP contribution < -0.4 is 11.1 Å². The summed E-state index contributed by atoms with van der Waals surface area (Å²) in [4.78, 5) is 29.5. The van der Waals surface area contributed by atoms with Gasteiger partial charge in [-0.1, -0.05) is 6.92 Å². The average molecular weight is 392 g/mol. The number of halogens is 1. The van der Waals surface area contributed by atoms with Gasteiger partial charge in [-0.15, -0.1) is 0 Å². The summed E-state index contributed by atoms with van der Waals surface area (Å²) in [5, 5.41) is 2.56. The van der Waals surface area contributed by atoms with Crippen LogP contribution in [0.3, 0.4) is 0 Å². The number of rotatable bonds is 5. The Bertz CT molecular complexity index is 715. The van der Waals surface area contributed by atoms with E-state index in [4.69, 9.17) is 10.5 Å². The summed E-state index contributed by atoms with van der Waals surface area (Å²) < 4.78 is 20.0. The quantitative estimate of drug-likeness (QED) is 0.751. The summed E-state index contributed by atoms with van der Waals surface area (Å²) in [5.41, 5.74) is 5.64. The van der Waals surface area contributed by atoms with Gasteiger partial charge in [-0.3, -0.25) is 4.79 Å². The fourth-order valence-corrected chi connectivity index (χ4v) is 3.03. The molecule has 1 fully saturated rings. The lowest BCUT2D eigenvalue weighted by atomic mass is 9.93. The first-order valence-corrected chi connectivity index (χ1v) is 9.34. The highest BCUT2D eigenvalue weighted by Crippen LogP contribution is 2.28. The maximum atomic E-state index is 14.7. The van der Waals surface area contributed by atoms with Crippen LogP contribution in [0, 0.1) is 11.8 Å². The molecule has 8 heteroatoms. The lowest BCUT2D eigenvalue weighted by Gasteiger charge is -2.24. The van der Waals surface area contributed by atoms with Crippen LogP contribution >= 0.6 is 0 Å². The molecule has 0 bridgehead atoms. The molecule has 3 N–H and O–H groups in total. The Morgan fingerprint density at radius 3 is 2.75 bits per heavy atom. The van der Waals surface area contributed by atoms with Crippen molar-refractivity contribution in [2.24, 2.45) is 11.8 Å². The highest BCUT2D eigenvalue weighted by molar-refractivity contribution is 5.91. The topological polar surface area (TPSA) is 97.5 Å². The van der Waals surface area contributed by atoms with Crippen molar-refractivity contribution in [2.75, 3.05) is 25.4 Å². The van der Waals surface area contributed by atoms with Crippen molar-refractivity contribution in [3.8, 4) is 0 Å². The summed E-state index contributed by atoms with van der Waals surface area (Å²) >= 11 is 0. The van der Waals surface area contributed by atoms with Gasteiger partial charge in [-0.05, 0) is 50.5 Å². The minimum atomic E-state index is -1.25. The monoisotopic (exact) mass is 392 g/mol. The Labute approximate surface area is 165 Å². The molecule has 154 valence electrons. The van der Waals surface area contributed by atoms with Crippen molar-refractivity contribution in [3.63, 3.8) is 0 Å². The Hall–Kier alpha value is -2.64. The van der Waals surface area contributed by atoms with Crippen LogP contribution in [0.5, 0.6) is 0 Å². The molecule has 2 rings (SSSR count). The number of amides is 2. The summed E-state index contributed by atoms with van der Waals surface area (Å²) in [5.74, 6) is -0.365. The molecule has 0 spiro atoms. The van der Waals surface area contributed by atoms with Crippen LogP contribution in [0.1, 0.15) is 33.3 Å². The van der Waals surface area contributed by atoms with Gasteiger partial charge in [0.15, 0.2) is 0 Å². The van der Waals surface area contributed by atoms with E-state index in [1.165, 1.54) is 11.0 Å². The number of carbonyl (C=O) groups is 2. The fourth-order valence-electron chi connectivity index (χ4n) is 3.03. The van der Waals surface area contributed by atoms with Crippen LogP contribution in [0.2, 0.25) is 0 Å². The van der Waals surface area contributed by atoms with Gasteiger partial charge in [0.1, 0.15) is 17.6 Å². The van der Waals surface area contributed by atoms with Gasteiger partial charge in [0.2, 0.25) is 5.91 Å². The molecule has 0 radical (unpaired) electrons. The van der Waals surface area contributed by atoms with E-state index in [0.29, 0.717) is 12.4 Å². The number of hydrogen-bond donors (Lipinski definition) is 2. The lowest BCUT2D eigenvalue weighted by molar-refractivity contribution is -0.116. The number of pyridine rings is 1. The minimum Gasteiger partial charge on any atom is -0.444 e. The molecule has 1 aliphatic heterocycles. The second-order valence-electron chi connectivity index (χ2n) is 8.14. The summed E-state index contributed by atoms with van der Waals surface area (Å²) in [6.07, 6.45) is 2.77. The number of aromatic nitrogens is 1. The molecule has 2 heterocycles. The van der Waals surface area contributed by atoms with Crippen molar-refractivity contribution in [3.05, 3.63) is 30.0 Å². The van der Waals surface area contributed by atoms with Crippen LogP contribution in [0.15, 0.2) is 24.4 Å². The minimum absolute atomic E-state index is 0.0178. The third-order valence-electron chi connectivity index (χ3n) is 4.49. The number of hydrogen-bond acceptors (Lipinski definition) is 5. The van der Waals surface area contributed by atoms with E-state index < -0.39 is 23.8 Å². The molecule has 0 aliphatic carbocycles. The molecule has 1 aliphatic rings. The van der Waals surface area contributed by atoms with E-state index in [1.54, 1.807) is 45.2 Å². The average Bonchev–Trinajstić information content (AvgIpc) is 3.00. The fraction of sp³-hybridized carbons (Fsp3) is 0.550. The normalized spacial score (nSPS) is 21.0. The highest BCUT2D eigenvalue weighted by Gasteiger charge is 2.39. The molecular formula is C20H29FN4O3.